The Kier molecular flexibility index (Phi) is 9.87. The zero-order chi connectivity index (χ0) is 28.4. The van der Waals surface area contributed by atoms with Gasteiger partial charge in [-0.15, -0.1) is 0 Å². The molecule has 0 heterocycles. The molecule has 0 radical (unpaired) electrons. The van der Waals surface area contributed by atoms with Gasteiger partial charge in [0.1, 0.15) is 6.10 Å². The molecule has 8 atom stereocenters. The Morgan fingerprint density at radius 3 is 2.36 bits per heavy atom. The van der Waals surface area contributed by atoms with Gasteiger partial charge in [-0.3, -0.25) is 4.48 Å². The summed E-state index contributed by atoms with van der Waals surface area (Å²) in [6.45, 7) is 22.4. The smallest absolute Gasteiger partial charge is 0.431 e. The van der Waals surface area contributed by atoms with Crippen molar-refractivity contribution < 1.29 is 18.8 Å². The number of allylic oxidation sites excluding steroid dienone is 1. The molecule has 0 aromatic heterocycles. The van der Waals surface area contributed by atoms with Crippen molar-refractivity contribution >= 4 is 6.16 Å². The lowest BCUT2D eigenvalue weighted by Crippen LogP contribution is -2.51. The number of rotatable bonds is 11. The quantitative estimate of drug-likeness (QED) is 0.112. The molecule has 0 bridgehead atoms. The fourth-order valence-electron chi connectivity index (χ4n) is 10.1. The van der Waals surface area contributed by atoms with Crippen LogP contribution in [0, 0.1) is 46.3 Å². The van der Waals surface area contributed by atoms with E-state index >= 15 is 0 Å². The van der Waals surface area contributed by atoms with Crippen LogP contribution >= 0.6 is 0 Å². The first-order chi connectivity index (χ1) is 18.5. The molecule has 224 valence electrons. The molecule has 0 N–H and O–H groups in total. The van der Waals surface area contributed by atoms with Crippen molar-refractivity contribution in [2.75, 3.05) is 26.4 Å². The summed E-state index contributed by atoms with van der Waals surface area (Å²) in [5.41, 5.74) is 2.40. The maximum absolute atomic E-state index is 12.6. The Bertz CT molecular complexity index is 854. The monoisotopic (exact) mass is 544 g/mol. The summed E-state index contributed by atoms with van der Waals surface area (Å²) in [5, 5.41) is 0. The average Bonchev–Trinajstić information content (AvgIpc) is 3.27. The molecule has 0 saturated heterocycles. The van der Waals surface area contributed by atoms with E-state index in [0.717, 1.165) is 78.9 Å². The highest BCUT2D eigenvalue weighted by atomic mass is 16.7. The third-order valence-corrected chi connectivity index (χ3v) is 13.0. The standard InChI is InChI=1S/C35H62NO3/c1-9-36(10-2,11-3)24-38-33(37)39-28-19-21-34(7)27(23-28)15-16-29-31-18-17-30(26(6)14-12-13-25(4)5)35(31,8)22-20-32(29)34/h15,25-26,28-32H,9-14,16-24H2,1-8H3/q+1/t26-,28+,29+,30?,31+,32+,34+,35-/m1/s1. The maximum atomic E-state index is 12.6. The van der Waals surface area contributed by atoms with E-state index in [4.69, 9.17) is 9.47 Å². The molecule has 3 saturated carbocycles. The van der Waals surface area contributed by atoms with Gasteiger partial charge >= 0.3 is 6.16 Å². The van der Waals surface area contributed by atoms with Crippen LogP contribution in [0.5, 0.6) is 0 Å². The lowest BCUT2D eigenvalue weighted by Gasteiger charge is -2.58. The Balaban J connectivity index is 1.36. The van der Waals surface area contributed by atoms with Crippen LogP contribution in [-0.4, -0.2) is 43.1 Å². The number of nitrogens with zero attached hydrogens (tertiary/aromatic N) is 1. The second kappa shape index (κ2) is 12.5. The zero-order valence-corrected chi connectivity index (χ0v) is 26.9. The lowest BCUT2D eigenvalue weighted by molar-refractivity contribution is -0.939. The Morgan fingerprint density at radius 2 is 1.69 bits per heavy atom. The molecule has 0 spiro atoms. The van der Waals surface area contributed by atoms with E-state index in [2.05, 4.69) is 61.5 Å². The van der Waals surface area contributed by atoms with Gasteiger partial charge in [0.15, 0.2) is 0 Å². The minimum atomic E-state index is -0.469. The number of hydrogen-bond donors (Lipinski definition) is 0. The first-order valence-corrected chi connectivity index (χ1v) is 16.9. The number of fused-ring (bicyclic) bond motifs is 5. The highest BCUT2D eigenvalue weighted by Gasteiger charge is 2.59. The normalized spacial score (nSPS) is 36.9. The highest BCUT2D eigenvalue weighted by molar-refractivity contribution is 5.60. The lowest BCUT2D eigenvalue weighted by atomic mass is 9.47. The summed E-state index contributed by atoms with van der Waals surface area (Å²) in [5.74, 6) is 5.14. The predicted molar refractivity (Wildman–Crippen MR) is 161 cm³/mol. The molecular weight excluding hydrogens is 482 g/mol. The van der Waals surface area contributed by atoms with Crippen LogP contribution in [-0.2, 0) is 9.47 Å². The second-order valence-corrected chi connectivity index (χ2v) is 15.1. The van der Waals surface area contributed by atoms with E-state index in [0.29, 0.717) is 12.1 Å². The molecule has 4 rings (SSSR count). The van der Waals surface area contributed by atoms with Crippen molar-refractivity contribution in [2.45, 2.75) is 132 Å². The minimum Gasteiger partial charge on any atom is -0.431 e. The molecule has 4 aliphatic carbocycles. The number of ether oxygens (including phenoxy) is 2. The molecule has 0 aromatic carbocycles. The van der Waals surface area contributed by atoms with Crippen LogP contribution in [0.1, 0.15) is 126 Å². The van der Waals surface area contributed by atoms with Crippen molar-refractivity contribution in [3.8, 4) is 0 Å². The average molecular weight is 545 g/mol. The fourth-order valence-corrected chi connectivity index (χ4v) is 10.1. The molecule has 3 fully saturated rings. The van der Waals surface area contributed by atoms with Gasteiger partial charge in [-0.1, -0.05) is 65.5 Å². The Morgan fingerprint density at radius 1 is 0.974 bits per heavy atom. The van der Waals surface area contributed by atoms with Crippen molar-refractivity contribution in [3.05, 3.63) is 11.6 Å². The number of carbonyl (C=O) groups is 1. The summed E-state index contributed by atoms with van der Waals surface area (Å²) in [6, 6.07) is 0. The number of quaternary nitrogens is 1. The van der Waals surface area contributed by atoms with Gasteiger partial charge in [0.05, 0.1) is 19.6 Å². The first-order valence-electron chi connectivity index (χ1n) is 16.9. The number of hydrogen-bond acceptors (Lipinski definition) is 3. The summed E-state index contributed by atoms with van der Waals surface area (Å²) in [4.78, 5) is 12.6. The van der Waals surface area contributed by atoms with Gasteiger partial charge in [0.2, 0.25) is 6.73 Å². The van der Waals surface area contributed by atoms with Crippen molar-refractivity contribution in [1.29, 1.82) is 0 Å². The molecule has 4 heteroatoms. The fraction of sp³-hybridized carbons (Fsp3) is 0.914. The summed E-state index contributed by atoms with van der Waals surface area (Å²) in [7, 11) is 0. The van der Waals surface area contributed by atoms with E-state index in [1.807, 2.05) is 0 Å². The van der Waals surface area contributed by atoms with Gasteiger partial charge in [0.25, 0.3) is 0 Å². The molecule has 0 aliphatic heterocycles. The highest BCUT2D eigenvalue weighted by Crippen LogP contribution is 2.67. The van der Waals surface area contributed by atoms with E-state index < -0.39 is 6.16 Å². The maximum Gasteiger partial charge on any atom is 0.512 e. The van der Waals surface area contributed by atoms with Crippen LogP contribution in [0.2, 0.25) is 0 Å². The molecule has 0 amide bonds. The molecule has 4 nitrogen and oxygen atoms in total. The van der Waals surface area contributed by atoms with Gasteiger partial charge in [-0.2, -0.15) is 0 Å². The summed E-state index contributed by atoms with van der Waals surface area (Å²) in [6.07, 6.45) is 16.3. The van der Waals surface area contributed by atoms with E-state index in [9.17, 15) is 4.79 Å². The molecule has 1 unspecified atom stereocenters. The van der Waals surface area contributed by atoms with Crippen molar-refractivity contribution in [3.63, 3.8) is 0 Å². The van der Waals surface area contributed by atoms with E-state index in [-0.39, 0.29) is 11.5 Å². The molecule has 0 aromatic rings. The summed E-state index contributed by atoms with van der Waals surface area (Å²) >= 11 is 0. The third-order valence-electron chi connectivity index (χ3n) is 13.0. The second-order valence-electron chi connectivity index (χ2n) is 15.1. The largest absolute Gasteiger partial charge is 0.512 e. The van der Waals surface area contributed by atoms with Crippen LogP contribution in [0.3, 0.4) is 0 Å². The van der Waals surface area contributed by atoms with Gasteiger partial charge < -0.3 is 9.47 Å². The van der Waals surface area contributed by atoms with E-state index in [1.165, 1.54) is 51.4 Å². The van der Waals surface area contributed by atoms with Crippen molar-refractivity contribution in [2.24, 2.45) is 46.3 Å². The van der Waals surface area contributed by atoms with E-state index in [1.54, 1.807) is 5.57 Å². The zero-order valence-electron chi connectivity index (χ0n) is 26.9. The SMILES string of the molecule is CC[N+](CC)(CC)COC(=O)O[C@H]1CC[C@@]2(C)C(=CC[C@@H]3[C@@H]2CC[C@]2(C)C([C@H](C)CCCC(C)C)CC[C@@H]32)C1. The van der Waals surface area contributed by atoms with Crippen LogP contribution in [0.15, 0.2) is 11.6 Å². The van der Waals surface area contributed by atoms with Crippen LogP contribution in [0.25, 0.3) is 0 Å². The van der Waals surface area contributed by atoms with Gasteiger partial charge in [-0.05, 0) is 112 Å². The Labute approximate surface area is 241 Å². The van der Waals surface area contributed by atoms with Crippen molar-refractivity contribution in [1.82, 2.24) is 0 Å². The summed E-state index contributed by atoms with van der Waals surface area (Å²) < 4.78 is 12.4. The molecule has 39 heavy (non-hydrogen) atoms. The third kappa shape index (κ3) is 6.12. The van der Waals surface area contributed by atoms with Gasteiger partial charge in [0, 0.05) is 6.42 Å². The molecule has 4 aliphatic rings. The topological polar surface area (TPSA) is 35.5 Å². The Hall–Kier alpha value is -1.03. The van der Waals surface area contributed by atoms with Crippen LogP contribution in [0.4, 0.5) is 4.79 Å². The first kappa shape index (κ1) is 30.9. The molecular formula is C35H62NO3+. The minimum absolute atomic E-state index is 0.0310. The number of carbonyl (C=O) groups excluding carboxylic acids is 1. The van der Waals surface area contributed by atoms with Gasteiger partial charge in [-0.25, -0.2) is 4.79 Å². The predicted octanol–water partition coefficient (Wildman–Crippen LogP) is 9.38. The van der Waals surface area contributed by atoms with Crippen LogP contribution < -0.4 is 0 Å².